The highest BCUT2D eigenvalue weighted by Crippen LogP contribution is 2.27. The highest BCUT2D eigenvalue weighted by Gasteiger charge is 2.21. The zero-order chi connectivity index (χ0) is 15.3. The summed E-state index contributed by atoms with van der Waals surface area (Å²) in [4.78, 5) is 23.7. The molecule has 0 bridgehead atoms. The van der Waals surface area contributed by atoms with Crippen LogP contribution < -0.4 is 20.7 Å². The monoisotopic (exact) mass is 300 g/mol. The van der Waals surface area contributed by atoms with Crippen molar-refractivity contribution in [2.24, 2.45) is 5.73 Å². The molecule has 0 saturated carbocycles. The topological polar surface area (TPSA) is 85.9 Å². The Labute approximate surface area is 122 Å². The number of quaternary nitrogens is 1. The first kappa shape index (κ1) is 16.3. The van der Waals surface area contributed by atoms with Crippen LogP contribution in [0, 0.1) is 0 Å². The largest absolute Gasteiger partial charge is 0.495 e. The molecule has 4 N–H and O–H groups in total. The molecule has 1 aromatic carbocycles. The summed E-state index contributed by atoms with van der Waals surface area (Å²) in [7, 11) is 3.23. The molecule has 7 heteroatoms. The molecule has 0 heterocycles. The minimum Gasteiger partial charge on any atom is -0.495 e. The third-order valence-corrected chi connectivity index (χ3v) is 3.28. The normalized spacial score (nSPS) is 13.4. The molecule has 110 valence electrons. The van der Waals surface area contributed by atoms with Gasteiger partial charge in [0.25, 0.3) is 11.8 Å². The lowest BCUT2D eigenvalue weighted by Gasteiger charge is -2.18. The van der Waals surface area contributed by atoms with E-state index in [4.69, 9.17) is 22.1 Å². The van der Waals surface area contributed by atoms with Crippen LogP contribution in [0.1, 0.15) is 6.92 Å². The van der Waals surface area contributed by atoms with E-state index in [0.29, 0.717) is 21.4 Å². The molecule has 0 fully saturated rings. The summed E-state index contributed by atoms with van der Waals surface area (Å²) in [6, 6.07) is 4.50. The highest BCUT2D eigenvalue weighted by molar-refractivity contribution is 6.31. The van der Waals surface area contributed by atoms with Crippen molar-refractivity contribution < 1.29 is 19.2 Å². The molecular weight excluding hydrogens is 282 g/mol. The second-order valence-corrected chi connectivity index (χ2v) is 4.98. The fourth-order valence-corrected chi connectivity index (χ4v) is 1.79. The van der Waals surface area contributed by atoms with Gasteiger partial charge in [0.1, 0.15) is 5.75 Å². The van der Waals surface area contributed by atoms with E-state index in [1.165, 1.54) is 7.11 Å². The zero-order valence-electron chi connectivity index (χ0n) is 11.7. The van der Waals surface area contributed by atoms with Crippen molar-refractivity contribution in [1.82, 2.24) is 0 Å². The molecule has 1 aromatic rings. The maximum atomic E-state index is 11.9. The van der Waals surface area contributed by atoms with Gasteiger partial charge in [-0.25, -0.2) is 0 Å². The average Bonchev–Trinajstić information content (AvgIpc) is 2.37. The lowest BCUT2D eigenvalue weighted by atomic mass is 10.2. The van der Waals surface area contributed by atoms with E-state index in [1.54, 1.807) is 32.2 Å². The number of methoxy groups -OCH3 is 1. The van der Waals surface area contributed by atoms with Gasteiger partial charge in [0, 0.05) is 5.02 Å². The molecule has 6 nitrogen and oxygen atoms in total. The molecule has 0 saturated heterocycles. The number of nitrogens with two attached hydrogens (primary N) is 1. The Hall–Kier alpha value is -1.79. The Morgan fingerprint density at radius 1 is 1.50 bits per heavy atom. The molecule has 0 aliphatic rings. The quantitative estimate of drug-likeness (QED) is 0.673. The molecule has 2 atom stereocenters. The molecule has 1 rings (SSSR count). The summed E-state index contributed by atoms with van der Waals surface area (Å²) in [6.07, 6.45) is 0. The van der Waals surface area contributed by atoms with E-state index in [2.05, 4.69) is 5.32 Å². The summed E-state index contributed by atoms with van der Waals surface area (Å²) in [5, 5.41) is 3.20. The van der Waals surface area contributed by atoms with Crippen LogP contribution in [0.25, 0.3) is 0 Å². The minimum atomic E-state index is -0.448. The van der Waals surface area contributed by atoms with Gasteiger partial charge in [-0.1, -0.05) is 11.6 Å². The van der Waals surface area contributed by atoms with Crippen LogP contribution in [-0.4, -0.2) is 38.6 Å². The Morgan fingerprint density at radius 3 is 2.70 bits per heavy atom. The van der Waals surface area contributed by atoms with E-state index in [9.17, 15) is 9.59 Å². The van der Waals surface area contributed by atoms with Gasteiger partial charge in [-0.2, -0.15) is 0 Å². The smallest absolute Gasteiger partial charge is 0.279 e. The molecule has 0 aromatic heterocycles. The number of hydrogen-bond acceptors (Lipinski definition) is 3. The molecule has 0 aliphatic heterocycles. The third-order valence-electron chi connectivity index (χ3n) is 3.04. The molecular formula is C13H19ClN3O3+. The lowest BCUT2D eigenvalue weighted by Crippen LogP contribution is -3.15. The van der Waals surface area contributed by atoms with Gasteiger partial charge in [0.15, 0.2) is 12.6 Å². The minimum absolute atomic E-state index is 0.111. The van der Waals surface area contributed by atoms with Crippen molar-refractivity contribution in [1.29, 1.82) is 0 Å². The predicted molar refractivity (Wildman–Crippen MR) is 77.0 cm³/mol. The molecule has 0 aliphatic carbocycles. The SMILES string of the molecule is COc1ccc(Cl)cc1NC(=O)C[NH+](C)[C@H](C)C(N)=O. The van der Waals surface area contributed by atoms with Gasteiger partial charge >= 0.3 is 0 Å². The number of ether oxygens (including phenoxy) is 1. The summed E-state index contributed by atoms with van der Waals surface area (Å²) >= 11 is 5.88. The Morgan fingerprint density at radius 2 is 2.15 bits per heavy atom. The first-order valence-corrected chi connectivity index (χ1v) is 6.48. The van der Waals surface area contributed by atoms with Crippen molar-refractivity contribution >= 4 is 29.1 Å². The summed E-state index contributed by atoms with van der Waals surface area (Å²) in [5.74, 6) is -0.185. The highest BCUT2D eigenvalue weighted by atomic mass is 35.5. The number of amides is 2. The summed E-state index contributed by atoms with van der Waals surface area (Å²) in [6.45, 7) is 1.78. The average molecular weight is 301 g/mol. The molecule has 2 amide bonds. The lowest BCUT2D eigenvalue weighted by molar-refractivity contribution is -0.885. The Bertz CT molecular complexity index is 508. The number of likely N-dealkylation sites (N-methyl/N-ethyl adjacent to an activating group) is 1. The second kappa shape index (κ2) is 7.12. The van der Waals surface area contributed by atoms with Gasteiger partial charge in [-0.05, 0) is 25.1 Å². The predicted octanol–water partition coefficient (Wildman–Crippen LogP) is -0.324. The van der Waals surface area contributed by atoms with E-state index in [0.717, 1.165) is 0 Å². The summed E-state index contributed by atoms with van der Waals surface area (Å²) in [5.41, 5.74) is 5.69. The summed E-state index contributed by atoms with van der Waals surface area (Å²) < 4.78 is 5.14. The van der Waals surface area contributed by atoms with Crippen LogP contribution in [0.3, 0.4) is 0 Å². The number of nitrogens with one attached hydrogen (secondary N) is 2. The number of carbonyl (C=O) groups excluding carboxylic acids is 2. The van der Waals surface area contributed by atoms with Crippen LogP contribution in [0.5, 0.6) is 5.75 Å². The van der Waals surface area contributed by atoms with Gasteiger partial charge in [0.05, 0.1) is 19.8 Å². The van der Waals surface area contributed by atoms with Gasteiger partial charge in [-0.15, -0.1) is 0 Å². The number of hydrogen-bond donors (Lipinski definition) is 3. The van der Waals surface area contributed by atoms with E-state index in [1.807, 2.05) is 0 Å². The number of carbonyl (C=O) groups is 2. The maximum Gasteiger partial charge on any atom is 0.279 e. The third kappa shape index (κ3) is 4.40. The van der Waals surface area contributed by atoms with Crippen molar-refractivity contribution in [2.75, 3.05) is 26.0 Å². The van der Waals surface area contributed by atoms with E-state index < -0.39 is 11.9 Å². The fraction of sp³-hybridized carbons (Fsp3) is 0.385. The maximum absolute atomic E-state index is 11.9. The number of halogens is 1. The molecule has 0 spiro atoms. The number of primary amides is 1. The van der Waals surface area contributed by atoms with Crippen molar-refractivity contribution in [3.63, 3.8) is 0 Å². The Kier molecular flexibility index (Phi) is 5.79. The van der Waals surface area contributed by atoms with Crippen LogP contribution in [-0.2, 0) is 9.59 Å². The first-order valence-electron chi connectivity index (χ1n) is 6.10. The Balaban J connectivity index is 2.71. The van der Waals surface area contributed by atoms with Crippen molar-refractivity contribution in [3.8, 4) is 5.75 Å². The molecule has 20 heavy (non-hydrogen) atoms. The van der Waals surface area contributed by atoms with Gasteiger partial charge in [-0.3, -0.25) is 9.59 Å². The standard InChI is InChI=1S/C13H18ClN3O3/c1-8(13(15)19)17(2)7-12(18)16-10-6-9(14)4-5-11(10)20-3/h4-6,8H,7H2,1-3H3,(H2,15,19)(H,16,18)/p+1/t8-/m1/s1. The van der Waals surface area contributed by atoms with Crippen LogP contribution in [0.2, 0.25) is 5.02 Å². The number of rotatable bonds is 6. The molecule has 1 unspecified atom stereocenters. The number of anilines is 1. The van der Waals surface area contributed by atoms with Crippen molar-refractivity contribution in [2.45, 2.75) is 13.0 Å². The van der Waals surface area contributed by atoms with Gasteiger partial charge in [0.2, 0.25) is 0 Å². The fourth-order valence-electron chi connectivity index (χ4n) is 1.62. The number of benzene rings is 1. The van der Waals surface area contributed by atoms with Crippen LogP contribution >= 0.6 is 11.6 Å². The molecule has 0 radical (unpaired) electrons. The van der Waals surface area contributed by atoms with Crippen LogP contribution in [0.15, 0.2) is 18.2 Å². The van der Waals surface area contributed by atoms with Crippen LogP contribution in [0.4, 0.5) is 5.69 Å². The van der Waals surface area contributed by atoms with Gasteiger partial charge < -0.3 is 20.7 Å². The van der Waals surface area contributed by atoms with E-state index >= 15 is 0 Å². The first-order chi connectivity index (χ1) is 9.35. The second-order valence-electron chi connectivity index (χ2n) is 4.54. The zero-order valence-corrected chi connectivity index (χ0v) is 12.5. The van der Waals surface area contributed by atoms with E-state index in [-0.39, 0.29) is 12.5 Å². The van der Waals surface area contributed by atoms with Crippen molar-refractivity contribution in [3.05, 3.63) is 23.2 Å².